The Morgan fingerprint density at radius 3 is 2.53 bits per heavy atom. The first kappa shape index (κ1) is 21.5. The lowest BCUT2D eigenvalue weighted by molar-refractivity contribution is -0.142. The van der Waals surface area contributed by atoms with Crippen molar-refractivity contribution in [2.24, 2.45) is 0 Å². The number of carbonyl (C=O) groups is 1. The van der Waals surface area contributed by atoms with Crippen LogP contribution in [0, 0.1) is 12.7 Å². The molecule has 0 saturated heterocycles. The molecule has 1 amide bonds. The predicted molar refractivity (Wildman–Crippen MR) is 107 cm³/mol. The lowest BCUT2D eigenvalue weighted by Gasteiger charge is -2.11. The number of aromatic nitrogens is 5. The number of nitrogens with zero attached hydrogens (tertiary/aromatic N) is 5. The molecule has 1 N–H and O–H groups in total. The van der Waals surface area contributed by atoms with Gasteiger partial charge in [0.1, 0.15) is 5.82 Å². The first-order valence-electron chi connectivity index (χ1n) is 9.73. The zero-order valence-corrected chi connectivity index (χ0v) is 16.9. The van der Waals surface area contributed by atoms with Crippen LogP contribution in [0.5, 0.6) is 0 Å². The van der Waals surface area contributed by atoms with Gasteiger partial charge in [0.15, 0.2) is 17.0 Å². The molecule has 0 aliphatic heterocycles. The maximum Gasteiger partial charge on any atom is 0.433 e. The zero-order chi connectivity index (χ0) is 22.9. The highest BCUT2D eigenvalue weighted by Crippen LogP contribution is 2.32. The third kappa shape index (κ3) is 4.46. The van der Waals surface area contributed by atoms with Crippen LogP contribution in [0.4, 0.5) is 17.6 Å². The number of hydrogen-bond donors (Lipinski definition) is 1. The maximum atomic E-state index is 13.6. The van der Waals surface area contributed by atoms with E-state index in [1.165, 1.54) is 18.2 Å². The van der Waals surface area contributed by atoms with Crippen LogP contribution in [0.1, 0.15) is 28.3 Å². The van der Waals surface area contributed by atoms with E-state index in [1.54, 1.807) is 10.9 Å². The molecule has 3 aromatic heterocycles. The third-order valence-corrected chi connectivity index (χ3v) is 4.85. The van der Waals surface area contributed by atoms with E-state index in [0.29, 0.717) is 29.6 Å². The zero-order valence-electron chi connectivity index (χ0n) is 16.9. The maximum absolute atomic E-state index is 13.6. The molecule has 0 unspecified atom stereocenters. The van der Waals surface area contributed by atoms with Gasteiger partial charge in [-0.1, -0.05) is 0 Å². The van der Waals surface area contributed by atoms with Gasteiger partial charge in [0.25, 0.3) is 5.91 Å². The molecule has 0 aliphatic rings. The van der Waals surface area contributed by atoms with Gasteiger partial charge in [-0.3, -0.25) is 9.48 Å². The van der Waals surface area contributed by atoms with Gasteiger partial charge >= 0.3 is 6.18 Å². The Labute approximate surface area is 179 Å². The van der Waals surface area contributed by atoms with Crippen molar-refractivity contribution >= 4 is 11.6 Å². The minimum absolute atomic E-state index is 0.00808. The largest absolute Gasteiger partial charge is 0.433 e. The highest BCUT2D eigenvalue weighted by molar-refractivity contribution is 5.93. The lowest BCUT2D eigenvalue weighted by atomic mass is 10.1. The van der Waals surface area contributed by atoms with E-state index in [9.17, 15) is 22.4 Å². The summed E-state index contributed by atoms with van der Waals surface area (Å²) >= 11 is 0. The van der Waals surface area contributed by atoms with E-state index in [2.05, 4.69) is 20.5 Å². The van der Waals surface area contributed by atoms with Crippen LogP contribution in [0.25, 0.3) is 16.9 Å². The van der Waals surface area contributed by atoms with Gasteiger partial charge in [0, 0.05) is 36.6 Å². The van der Waals surface area contributed by atoms with Crippen LogP contribution in [-0.4, -0.2) is 36.8 Å². The smallest absolute Gasteiger partial charge is 0.351 e. The summed E-state index contributed by atoms with van der Waals surface area (Å²) in [6.07, 6.45) is -2.48. The SMILES string of the molecule is Cc1ccnn1CCCNC(=O)c1cc2nc(-c3ccc(F)cc3)cc(C(F)(F)F)n2n1. The molecule has 7 nitrogen and oxygen atoms in total. The molecule has 11 heteroatoms. The molecule has 0 fully saturated rings. The van der Waals surface area contributed by atoms with Crippen LogP contribution < -0.4 is 5.32 Å². The molecule has 166 valence electrons. The number of alkyl halides is 3. The molecule has 4 aromatic rings. The van der Waals surface area contributed by atoms with Gasteiger partial charge in [0.05, 0.1) is 5.69 Å². The van der Waals surface area contributed by atoms with Crippen molar-refractivity contribution in [2.75, 3.05) is 6.54 Å². The van der Waals surface area contributed by atoms with Gasteiger partial charge < -0.3 is 5.32 Å². The van der Waals surface area contributed by atoms with Crippen molar-refractivity contribution < 1.29 is 22.4 Å². The van der Waals surface area contributed by atoms with Crippen LogP contribution in [0.3, 0.4) is 0 Å². The van der Waals surface area contributed by atoms with Crippen LogP contribution in [0.2, 0.25) is 0 Å². The number of carbonyl (C=O) groups excluding carboxylic acids is 1. The Hall–Kier alpha value is -3.76. The number of nitrogens with one attached hydrogen (secondary N) is 1. The van der Waals surface area contributed by atoms with Crippen molar-refractivity contribution in [3.8, 4) is 11.3 Å². The number of fused-ring (bicyclic) bond motifs is 1. The summed E-state index contributed by atoms with van der Waals surface area (Å²) in [5.74, 6) is -1.12. The summed E-state index contributed by atoms with van der Waals surface area (Å²) in [7, 11) is 0. The fourth-order valence-corrected chi connectivity index (χ4v) is 3.21. The fourth-order valence-electron chi connectivity index (χ4n) is 3.21. The molecule has 1 aromatic carbocycles. The van der Waals surface area contributed by atoms with Crippen molar-refractivity contribution in [2.45, 2.75) is 26.1 Å². The molecule has 0 saturated carbocycles. The lowest BCUT2D eigenvalue weighted by Crippen LogP contribution is -2.26. The van der Waals surface area contributed by atoms with Crippen molar-refractivity contribution in [1.82, 2.24) is 29.7 Å². The highest BCUT2D eigenvalue weighted by atomic mass is 19.4. The number of aryl methyl sites for hydroxylation is 2. The molecule has 3 heterocycles. The number of amides is 1. The molecule has 0 spiro atoms. The molecule has 0 radical (unpaired) electrons. The van der Waals surface area contributed by atoms with E-state index >= 15 is 0 Å². The molecule has 0 aliphatic carbocycles. The van der Waals surface area contributed by atoms with E-state index in [1.807, 2.05) is 13.0 Å². The first-order chi connectivity index (χ1) is 15.2. The van der Waals surface area contributed by atoms with Crippen LogP contribution >= 0.6 is 0 Å². The number of rotatable bonds is 6. The molecule has 32 heavy (non-hydrogen) atoms. The summed E-state index contributed by atoms with van der Waals surface area (Å²) in [5.41, 5.74) is -0.132. The Morgan fingerprint density at radius 1 is 1.12 bits per heavy atom. The fraction of sp³-hybridized carbons (Fsp3) is 0.238. The average molecular weight is 446 g/mol. The first-order valence-corrected chi connectivity index (χ1v) is 9.73. The summed E-state index contributed by atoms with van der Waals surface area (Å²) < 4.78 is 56.5. The van der Waals surface area contributed by atoms with E-state index in [-0.39, 0.29) is 17.0 Å². The number of halogens is 4. The van der Waals surface area contributed by atoms with Gasteiger partial charge in [0.2, 0.25) is 0 Å². The molecule has 0 bridgehead atoms. The molecule has 4 rings (SSSR count). The Morgan fingerprint density at radius 2 is 1.88 bits per heavy atom. The van der Waals surface area contributed by atoms with Gasteiger partial charge in [-0.25, -0.2) is 13.9 Å². The molecule has 0 atom stereocenters. The van der Waals surface area contributed by atoms with Gasteiger partial charge in [-0.15, -0.1) is 0 Å². The van der Waals surface area contributed by atoms with E-state index < -0.39 is 23.6 Å². The van der Waals surface area contributed by atoms with Crippen molar-refractivity contribution in [3.05, 3.63) is 71.6 Å². The summed E-state index contributed by atoms with van der Waals surface area (Å²) in [4.78, 5) is 16.6. The summed E-state index contributed by atoms with van der Waals surface area (Å²) in [6.45, 7) is 2.80. The van der Waals surface area contributed by atoms with E-state index in [0.717, 1.165) is 23.9 Å². The number of benzene rings is 1. The Bertz CT molecular complexity index is 1260. The van der Waals surface area contributed by atoms with Crippen LogP contribution in [-0.2, 0) is 12.7 Å². The average Bonchev–Trinajstić information content (AvgIpc) is 3.36. The normalized spacial score (nSPS) is 11.8. The molecular formula is C21H18F4N6O. The second-order valence-electron chi connectivity index (χ2n) is 7.14. The summed E-state index contributed by atoms with van der Waals surface area (Å²) in [5, 5.41) is 10.6. The predicted octanol–water partition coefficient (Wildman–Crippen LogP) is 3.88. The second-order valence-corrected chi connectivity index (χ2v) is 7.14. The monoisotopic (exact) mass is 446 g/mol. The Balaban J connectivity index is 1.57. The highest BCUT2D eigenvalue weighted by Gasteiger charge is 2.35. The van der Waals surface area contributed by atoms with Gasteiger partial charge in [-0.2, -0.15) is 23.4 Å². The van der Waals surface area contributed by atoms with E-state index in [4.69, 9.17) is 0 Å². The minimum atomic E-state index is -4.74. The summed E-state index contributed by atoms with van der Waals surface area (Å²) in [6, 6.07) is 8.81. The standard InChI is InChI=1S/C21H18F4N6O/c1-13-7-9-27-30(13)10-2-8-26-20(32)17-12-19-28-16(14-3-5-15(22)6-4-14)11-18(21(23,24)25)31(19)29-17/h3-7,9,11-12H,2,8,10H2,1H3,(H,26,32). The quantitative estimate of drug-likeness (QED) is 0.360. The van der Waals surface area contributed by atoms with Crippen molar-refractivity contribution in [3.63, 3.8) is 0 Å². The van der Waals surface area contributed by atoms with Crippen molar-refractivity contribution in [1.29, 1.82) is 0 Å². The third-order valence-electron chi connectivity index (χ3n) is 4.85. The Kier molecular flexibility index (Phi) is 5.64. The second kappa shape index (κ2) is 8.40. The molecular weight excluding hydrogens is 428 g/mol. The number of hydrogen-bond acceptors (Lipinski definition) is 4. The minimum Gasteiger partial charge on any atom is -0.351 e. The van der Waals surface area contributed by atoms with Crippen LogP contribution in [0.15, 0.2) is 48.7 Å². The van der Waals surface area contributed by atoms with Gasteiger partial charge in [-0.05, 0) is 49.7 Å². The topological polar surface area (TPSA) is 77.1 Å².